The number of carbonyl (C=O) groups is 2. The van der Waals surface area contributed by atoms with Crippen LogP contribution in [0.15, 0.2) is 30.4 Å². The predicted octanol–water partition coefficient (Wildman–Crippen LogP) is 3.23. The SMILES string of the molecule is Cc1cccc(C)c1CN(CC(C)C)C1CCNCC1.O=C(O)/C=C/C(=O)O. The van der Waals surface area contributed by atoms with Crippen LogP contribution in [0.1, 0.15) is 43.4 Å². The van der Waals surface area contributed by atoms with E-state index in [4.69, 9.17) is 10.2 Å². The molecule has 0 amide bonds. The number of aryl methyl sites for hydroxylation is 2. The van der Waals surface area contributed by atoms with Crippen molar-refractivity contribution in [2.75, 3.05) is 19.6 Å². The maximum atomic E-state index is 9.55. The summed E-state index contributed by atoms with van der Waals surface area (Å²) in [7, 11) is 0. The molecule has 1 aromatic carbocycles. The second kappa shape index (κ2) is 12.3. The third kappa shape index (κ3) is 9.15. The lowest BCUT2D eigenvalue weighted by molar-refractivity contribution is -0.134. The summed E-state index contributed by atoms with van der Waals surface area (Å²) in [4.78, 5) is 21.8. The van der Waals surface area contributed by atoms with Gasteiger partial charge in [-0.25, -0.2) is 9.59 Å². The summed E-state index contributed by atoms with van der Waals surface area (Å²) in [6.45, 7) is 13.8. The largest absolute Gasteiger partial charge is 0.478 e. The molecule has 1 aliphatic heterocycles. The van der Waals surface area contributed by atoms with E-state index >= 15 is 0 Å². The number of nitrogens with zero attached hydrogens (tertiary/aromatic N) is 1. The maximum absolute atomic E-state index is 9.55. The molecule has 0 unspecified atom stereocenters. The smallest absolute Gasteiger partial charge is 0.328 e. The molecule has 6 nitrogen and oxygen atoms in total. The van der Waals surface area contributed by atoms with Crippen LogP contribution in [0.25, 0.3) is 0 Å². The van der Waals surface area contributed by atoms with Crippen LogP contribution in [-0.2, 0) is 16.1 Å². The number of carboxylic acid groups (broad SMARTS) is 2. The molecule has 1 heterocycles. The van der Waals surface area contributed by atoms with E-state index in [2.05, 4.69) is 56.1 Å². The first-order valence-corrected chi connectivity index (χ1v) is 9.84. The van der Waals surface area contributed by atoms with Gasteiger partial charge in [0.15, 0.2) is 0 Å². The first-order valence-electron chi connectivity index (χ1n) is 9.84. The van der Waals surface area contributed by atoms with Gasteiger partial charge in [-0.05, 0) is 62.4 Å². The maximum Gasteiger partial charge on any atom is 0.328 e. The highest BCUT2D eigenvalue weighted by atomic mass is 16.4. The standard InChI is InChI=1S/C18H30N2.C4H4O4/c1-14(2)12-20(17-8-10-19-11-9-17)13-18-15(3)6-5-7-16(18)4;5-3(6)1-2-4(7)8/h5-7,14,17,19H,8-13H2,1-4H3;1-2H,(H,5,6)(H,7,8)/b;2-1+. The van der Waals surface area contributed by atoms with Crippen molar-refractivity contribution in [2.45, 2.75) is 53.1 Å². The molecule has 0 spiro atoms. The Morgan fingerprint density at radius 2 is 1.61 bits per heavy atom. The minimum atomic E-state index is -1.26. The number of piperidine rings is 1. The molecule has 0 aromatic heterocycles. The molecule has 1 aromatic rings. The van der Waals surface area contributed by atoms with E-state index < -0.39 is 11.9 Å². The molecular weight excluding hydrogens is 356 g/mol. The normalized spacial score (nSPS) is 14.9. The van der Waals surface area contributed by atoms with Gasteiger partial charge in [0, 0.05) is 31.3 Å². The fraction of sp³-hybridized carbons (Fsp3) is 0.545. The molecule has 2 rings (SSSR count). The molecular formula is C22H34N2O4. The molecule has 0 radical (unpaired) electrons. The lowest BCUT2D eigenvalue weighted by Crippen LogP contribution is -2.44. The number of nitrogens with one attached hydrogen (secondary N) is 1. The molecule has 1 saturated heterocycles. The van der Waals surface area contributed by atoms with E-state index in [1.165, 1.54) is 49.2 Å². The number of hydrogen-bond donors (Lipinski definition) is 3. The van der Waals surface area contributed by atoms with Crippen LogP contribution in [0.2, 0.25) is 0 Å². The van der Waals surface area contributed by atoms with Crippen molar-refractivity contribution in [1.29, 1.82) is 0 Å². The summed E-state index contributed by atoms with van der Waals surface area (Å²) in [5, 5.41) is 19.1. The number of hydrogen-bond acceptors (Lipinski definition) is 4. The van der Waals surface area contributed by atoms with Gasteiger partial charge in [0.2, 0.25) is 0 Å². The van der Waals surface area contributed by atoms with Crippen molar-refractivity contribution in [3.8, 4) is 0 Å². The van der Waals surface area contributed by atoms with E-state index in [0.717, 1.165) is 18.5 Å². The first kappa shape index (κ1) is 23.9. The van der Waals surface area contributed by atoms with Crippen molar-refractivity contribution in [3.05, 3.63) is 47.0 Å². The number of rotatable bonds is 7. The molecule has 156 valence electrons. The summed E-state index contributed by atoms with van der Waals surface area (Å²) in [5.74, 6) is -1.78. The van der Waals surface area contributed by atoms with E-state index in [1.807, 2.05) is 0 Å². The third-order valence-corrected chi connectivity index (χ3v) is 4.80. The van der Waals surface area contributed by atoms with Gasteiger partial charge in [0.1, 0.15) is 0 Å². The van der Waals surface area contributed by atoms with Gasteiger partial charge in [-0.15, -0.1) is 0 Å². The topological polar surface area (TPSA) is 89.9 Å². The Labute approximate surface area is 168 Å². The Bertz CT molecular complexity index is 628. The number of aliphatic carboxylic acids is 2. The second-order valence-electron chi connectivity index (χ2n) is 7.68. The Morgan fingerprint density at radius 3 is 2.04 bits per heavy atom. The highest BCUT2D eigenvalue weighted by molar-refractivity contribution is 5.89. The van der Waals surface area contributed by atoms with Crippen LogP contribution in [0.4, 0.5) is 0 Å². The fourth-order valence-corrected chi connectivity index (χ4v) is 3.43. The highest BCUT2D eigenvalue weighted by Crippen LogP contribution is 2.21. The molecule has 28 heavy (non-hydrogen) atoms. The van der Waals surface area contributed by atoms with Crippen LogP contribution < -0.4 is 5.32 Å². The van der Waals surface area contributed by atoms with E-state index in [0.29, 0.717) is 12.2 Å². The van der Waals surface area contributed by atoms with Crippen molar-refractivity contribution >= 4 is 11.9 Å². The Morgan fingerprint density at radius 1 is 1.11 bits per heavy atom. The van der Waals surface area contributed by atoms with Gasteiger partial charge in [0.05, 0.1) is 0 Å². The number of carboxylic acids is 2. The molecule has 0 bridgehead atoms. The Kier molecular flexibility index (Phi) is 10.5. The van der Waals surface area contributed by atoms with Gasteiger partial charge in [-0.3, -0.25) is 4.90 Å². The van der Waals surface area contributed by atoms with Crippen LogP contribution >= 0.6 is 0 Å². The van der Waals surface area contributed by atoms with Crippen LogP contribution in [0.5, 0.6) is 0 Å². The zero-order valence-corrected chi connectivity index (χ0v) is 17.4. The summed E-state index contributed by atoms with van der Waals surface area (Å²) in [6, 6.07) is 7.42. The molecule has 1 aliphatic rings. The average Bonchev–Trinajstić information content (AvgIpc) is 2.63. The second-order valence-corrected chi connectivity index (χ2v) is 7.68. The molecule has 6 heteroatoms. The van der Waals surface area contributed by atoms with E-state index in [1.54, 1.807) is 0 Å². The summed E-state index contributed by atoms with van der Waals surface area (Å²) in [5.41, 5.74) is 4.41. The van der Waals surface area contributed by atoms with Gasteiger partial charge < -0.3 is 15.5 Å². The summed E-state index contributed by atoms with van der Waals surface area (Å²) >= 11 is 0. The summed E-state index contributed by atoms with van der Waals surface area (Å²) < 4.78 is 0. The predicted molar refractivity (Wildman–Crippen MR) is 111 cm³/mol. The van der Waals surface area contributed by atoms with Crippen molar-refractivity contribution in [3.63, 3.8) is 0 Å². The molecule has 0 aliphatic carbocycles. The lowest BCUT2D eigenvalue weighted by Gasteiger charge is -2.36. The summed E-state index contributed by atoms with van der Waals surface area (Å²) in [6.07, 6.45) is 3.69. The van der Waals surface area contributed by atoms with Crippen molar-refractivity contribution in [2.24, 2.45) is 5.92 Å². The minimum absolute atomic E-state index is 0.558. The molecule has 0 atom stereocenters. The Balaban J connectivity index is 0.000000416. The Hall–Kier alpha value is -2.18. The average molecular weight is 391 g/mol. The third-order valence-electron chi connectivity index (χ3n) is 4.80. The van der Waals surface area contributed by atoms with Gasteiger partial charge in [0.25, 0.3) is 0 Å². The zero-order valence-electron chi connectivity index (χ0n) is 17.4. The van der Waals surface area contributed by atoms with E-state index in [9.17, 15) is 9.59 Å². The quantitative estimate of drug-likeness (QED) is 0.620. The molecule has 1 fully saturated rings. The van der Waals surface area contributed by atoms with Gasteiger partial charge >= 0.3 is 11.9 Å². The zero-order chi connectivity index (χ0) is 21.1. The van der Waals surface area contributed by atoms with Crippen molar-refractivity contribution < 1.29 is 19.8 Å². The van der Waals surface area contributed by atoms with E-state index in [-0.39, 0.29) is 0 Å². The minimum Gasteiger partial charge on any atom is -0.478 e. The highest BCUT2D eigenvalue weighted by Gasteiger charge is 2.22. The molecule has 0 saturated carbocycles. The fourth-order valence-electron chi connectivity index (χ4n) is 3.43. The van der Waals surface area contributed by atoms with Crippen molar-refractivity contribution in [1.82, 2.24) is 10.2 Å². The monoisotopic (exact) mass is 390 g/mol. The molecule has 3 N–H and O–H groups in total. The number of benzene rings is 1. The first-order chi connectivity index (χ1) is 13.2. The van der Waals surface area contributed by atoms with Crippen LogP contribution in [0, 0.1) is 19.8 Å². The van der Waals surface area contributed by atoms with Crippen LogP contribution in [-0.4, -0.2) is 52.7 Å². The van der Waals surface area contributed by atoms with Crippen LogP contribution in [0.3, 0.4) is 0 Å². The van der Waals surface area contributed by atoms with Gasteiger partial charge in [-0.1, -0.05) is 32.0 Å². The lowest BCUT2D eigenvalue weighted by atomic mass is 9.98. The van der Waals surface area contributed by atoms with Gasteiger partial charge in [-0.2, -0.15) is 0 Å².